The minimum absolute atomic E-state index is 0.691. The van der Waals surface area contributed by atoms with Crippen LogP contribution in [0.25, 0.3) is 0 Å². The maximum absolute atomic E-state index is 11.1. The van der Waals surface area contributed by atoms with Crippen molar-refractivity contribution in [3.8, 4) is 0 Å². The highest BCUT2D eigenvalue weighted by molar-refractivity contribution is 5.73. The molecule has 1 unspecified atom stereocenters. The van der Waals surface area contributed by atoms with Gasteiger partial charge in [0.05, 0.1) is 6.61 Å². The molecule has 2 heterocycles. The number of hydrogen-bond donors (Lipinski definition) is 7. The summed E-state index contributed by atoms with van der Waals surface area (Å²) in [6.07, 6.45) is -16.3. The highest BCUT2D eigenvalue weighted by Gasteiger charge is 2.52. The standard InChI is InChI=1S/C13H22O12/c1-22-10-6(17)5(16)9(11(19)20)25-13(10)24-8-4(15)3(2-14)23-12(21)7(8)18/h3-10,12-18,21H,2H2,1H3,(H,19,20)/t3-,4-,5+,6+,7-,8+,9+,10-,12?,13+/m1/s1. The van der Waals surface area contributed by atoms with Gasteiger partial charge in [0.15, 0.2) is 18.7 Å². The SMILES string of the molecule is CO[C@H]1[C@@H](O[C@H]2[C@H](O)[C@@H](CO)OC(O)[C@@H]2O)O[C@H](C(=O)O)[C@@H](O)[C@@H]1O. The maximum Gasteiger partial charge on any atom is 0.335 e. The van der Waals surface area contributed by atoms with Gasteiger partial charge in [-0.25, -0.2) is 4.79 Å². The quantitative estimate of drug-likeness (QED) is 0.245. The van der Waals surface area contributed by atoms with Gasteiger partial charge in [0, 0.05) is 7.11 Å². The number of aliphatic carboxylic acids is 1. The molecular formula is C13H22O12. The highest BCUT2D eigenvalue weighted by atomic mass is 16.7. The zero-order chi connectivity index (χ0) is 18.9. The number of ether oxygens (including phenoxy) is 4. The van der Waals surface area contributed by atoms with E-state index in [2.05, 4.69) is 0 Å². The summed E-state index contributed by atoms with van der Waals surface area (Å²) in [6.45, 7) is -0.691. The monoisotopic (exact) mass is 370 g/mol. The number of rotatable bonds is 5. The predicted molar refractivity (Wildman–Crippen MR) is 74.0 cm³/mol. The molecule has 0 radical (unpaired) electrons. The lowest BCUT2D eigenvalue weighted by Gasteiger charge is -2.45. The van der Waals surface area contributed by atoms with E-state index in [4.69, 9.17) is 29.2 Å². The maximum atomic E-state index is 11.1. The Hall–Kier alpha value is -0.930. The average molecular weight is 370 g/mol. The van der Waals surface area contributed by atoms with Gasteiger partial charge < -0.3 is 54.7 Å². The third-order valence-electron chi connectivity index (χ3n) is 4.19. The second-order valence-corrected chi connectivity index (χ2v) is 5.77. The largest absolute Gasteiger partial charge is 0.479 e. The Morgan fingerprint density at radius 1 is 0.960 bits per heavy atom. The van der Waals surface area contributed by atoms with Crippen molar-refractivity contribution in [2.45, 2.75) is 61.4 Å². The molecule has 0 saturated carbocycles. The van der Waals surface area contributed by atoms with Crippen LogP contribution >= 0.6 is 0 Å². The lowest BCUT2D eigenvalue weighted by atomic mass is 9.97. The Balaban J connectivity index is 2.20. The van der Waals surface area contributed by atoms with Crippen LogP contribution in [0.4, 0.5) is 0 Å². The summed E-state index contributed by atoms with van der Waals surface area (Å²) < 4.78 is 20.2. The molecule has 0 spiro atoms. The van der Waals surface area contributed by atoms with Gasteiger partial charge in [-0.15, -0.1) is 0 Å². The molecule has 2 saturated heterocycles. The van der Waals surface area contributed by atoms with Crippen LogP contribution in [0.15, 0.2) is 0 Å². The van der Waals surface area contributed by atoms with Crippen molar-refractivity contribution in [2.24, 2.45) is 0 Å². The summed E-state index contributed by atoms with van der Waals surface area (Å²) in [6, 6.07) is 0. The third-order valence-corrected chi connectivity index (χ3v) is 4.19. The van der Waals surface area contributed by atoms with Crippen LogP contribution in [0.1, 0.15) is 0 Å². The summed E-state index contributed by atoms with van der Waals surface area (Å²) in [4.78, 5) is 11.1. The van der Waals surface area contributed by atoms with Crippen molar-refractivity contribution in [3.05, 3.63) is 0 Å². The van der Waals surface area contributed by atoms with Gasteiger partial charge in [0.1, 0.15) is 42.7 Å². The number of aliphatic hydroxyl groups is 6. The zero-order valence-electron chi connectivity index (χ0n) is 13.2. The molecular weight excluding hydrogens is 348 g/mol. The second-order valence-electron chi connectivity index (χ2n) is 5.77. The smallest absolute Gasteiger partial charge is 0.335 e. The van der Waals surface area contributed by atoms with Crippen molar-refractivity contribution in [1.29, 1.82) is 0 Å². The Bertz CT molecular complexity index is 460. The molecule has 0 aromatic carbocycles. The summed E-state index contributed by atoms with van der Waals surface area (Å²) >= 11 is 0. The van der Waals surface area contributed by atoms with E-state index in [1.54, 1.807) is 0 Å². The molecule has 12 nitrogen and oxygen atoms in total. The van der Waals surface area contributed by atoms with E-state index < -0.39 is 74.0 Å². The zero-order valence-corrected chi connectivity index (χ0v) is 13.2. The van der Waals surface area contributed by atoms with E-state index in [-0.39, 0.29) is 0 Å². The number of carboxylic acid groups (broad SMARTS) is 1. The first-order valence-corrected chi connectivity index (χ1v) is 7.46. The lowest BCUT2D eigenvalue weighted by molar-refractivity contribution is -0.353. The number of carboxylic acids is 1. The number of aliphatic hydroxyl groups excluding tert-OH is 6. The van der Waals surface area contributed by atoms with Crippen LogP contribution in [-0.2, 0) is 23.7 Å². The van der Waals surface area contributed by atoms with Crippen LogP contribution in [0.3, 0.4) is 0 Å². The Morgan fingerprint density at radius 3 is 2.12 bits per heavy atom. The van der Waals surface area contributed by atoms with Crippen LogP contribution in [-0.4, -0.2) is 117 Å². The first-order valence-electron chi connectivity index (χ1n) is 7.46. The predicted octanol–water partition coefficient (Wildman–Crippen LogP) is -4.65. The Labute approximate surface area is 141 Å². The van der Waals surface area contributed by atoms with Gasteiger partial charge in [-0.05, 0) is 0 Å². The fourth-order valence-corrected chi connectivity index (χ4v) is 2.78. The van der Waals surface area contributed by atoms with E-state index in [1.807, 2.05) is 0 Å². The van der Waals surface area contributed by atoms with E-state index in [0.717, 1.165) is 7.11 Å². The summed E-state index contributed by atoms with van der Waals surface area (Å²) in [7, 11) is 1.14. The van der Waals surface area contributed by atoms with Gasteiger partial charge in [-0.3, -0.25) is 0 Å². The van der Waals surface area contributed by atoms with Crippen molar-refractivity contribution >= 4 is 5.97 Å². The van der Waals surface area contributed by atoms with Crippen molar-refractivity contribution in [1.82, 2.24) is 0 Å². The minimum atomic E-state index is -1.85. The number of methoxy groups -OCH3 is 1. The summed E-state index contributed by atoms with van der Waals surface area (Å²) in [5.41, 5.74) is 0. The normalized spacial score (nSPS) is 48.3. The molecule has 10 atom stereocenters. The Morgan fingerprint density at radius 2 is 1.60 bits per heavy atom. The molecule has 7 N–H and O–H groups in total. The molecule has 2 rings (SSSR count). The molecule has 0 aliphatic carbocycles. The van der Waals surface area contributed by atoms with Crippen LogP contribution < -0.4 is 0 Å². The first kappa shape index (κ1) is 20.4. The van der Waals surface area contributed by atoms with Gasteiger partial charge in [0.2, 0.25) is 0 Å². The fraction of sp³-hybridized carbons (Fsp3) is 0.923. The van der Waals surface area contributed by atoms with Crippen LogP contribution in [0.2, 0.25) is 0 Å². The van der Waals surface area contributed by atoms with Gasteiger partial charge >= 0.3 is 5.97 Å². The van der Waals surface area contributed by atoms with E-state index in [0.29, 0.717) is 0 Å². The third kappa shape index (κ3) is 3.93. The van der Waals surface area contributed by atoms with Gasteiger partial charge in [-0.1, -0.05) is 0 Å². The fourth-order valence-electron chi connectivity index (χ4n) is 2.78. The molecule has 0 amide bonds. The minimum Gasteiger partial charge on any atom is -0.479 e. The highest BCUT2D eigenvalue weighted by Crippen LogP contribution is 2.29. The first-order chi connectivity index (χ1) is 11.7. The van der Waals surface area contributed by atoms with E-state index in [9.17, 15) is 30.3 Å². The molecule has 2 fully saturated rings. The average Bonchev–Trinajstić information content (AvgIpc) is 2.57. The van der Waals surface area contributed by atoms with Gasteiger partial charge in [-0.2, -0.15) is 0 Å². The molecule has 2 aliphatic rings. The van der Waals surface area contributed by atoms with E-state index in [1.165, 1.54) is 0 Å². The van der Waals surface area contributed by atoms with Crippen molar-refractivity contribution < 1.29 is 59.5 Å². The van der Waals surface area contributed by atoms with Crippen molar-refractivity contribution in [3.63, 3.8) is 0 Å². The topological polar surface area (TPSA) is 196 Å². The molecule has 146 valence electrons. The molecule has 0 bridgehead atoms. The van der Waals surface area contributed by atoms with Crippen LogP contribution in [0.5, 0.6) is 0 Å². The lowest BCUT2D eigenvalue weighted by Crippen LogP contribution is -2.65. The van der Waals surface area contributed by atoms with Gasteiger partial charge in [0.25, 0.3) is 0 Å². The molecule has 12 heteroatoms. The Kier molecular flexibility index (Phi) is 6.67. The molecule has 2 aliphatic heterocycles. The van der Waals surface area contributed by atoms with Crippen molar-refractivity contribution in [2.75, 3.05) is 13.7 Å². The molecule has 25 heavy (non-hydrogen) atoms. The second kappa shape index (κ2) is 8.18. The number of hydrogen-bond acceptors (Lipinski definition) is 11. The summed E-state index contributed by atoms with van der Waals surface area (Å²) in [5.74, 6) is -1.57. The molecule has 0 aromatic heterocycles. The van der Waals surface area contributed by atoms with Crippen LogP contribution in [0, 0.1) is 0 Å². The van der Waals surface area contributed by atoms with E-state index >= 15 is 0 Å². The number of carbonyl (C=O) groups is 1. The summed E-state index contributed by atoms with van der Waals surface area (Å²) in [5, 5.41) is 67.6. The molecule has 0 aromatic rings.